The molecule has 3 heteroatoms. The van der Waals surface area contributed by atoms with Gasteiger partial charge in [-0.15, -0.1) is 0 Å². The predicted octanol–water partition coefficient (Wildman–Crippen LogP) is 5.20. The van der Waals surface area contributed by atoms with Crippen LogP contribution in [0.2, 0.25) is 5.02 Å². The van der Waals surface area contributed by atoms with Gasteiger partial charge in [-0.3, -0.25) is 0 Å². The fourth-order valence-corrected chi connectivity index (χ4v) is 2.72. The molecule has 1 heterocycles. The van der Waals surface area contributed by atoms with Crippen LogP contribution in [0.15, 0.2) is 28.7 Å². The summed E-state index contributed by atoms with van der Waals surface area (Å²) in [7, 11) is 0. The molecule has 0 bridgehead atoms. The summed E-state index contributed by atoms with van der Waals surface area (Å²) >= 11 is 6.22. The molecule has 0 aliphatic carbocycles. The molecule has 0 fully saturated rings. The van der Waals surface area contributed by atoms with Crippen LogP contribution < -0.4 is 5.32 Å². The summed E-state index contributed by atoms with van der Waals surface area (Å²) in [5.74, 6) is 2.00. The number of aryl methyl sites for hydroxylation is 3. The zero-order valence-corrected chi connectivity index (χ0v) is 14.1. The molecule has 0 amide bonds. The predicted molar refractivity (Wildman–Crippen MR) is 89.1 cm³/mol. The van der Waals surface area contributed by atoms with Crippen LogP contribution in [-0.2, 0) is 6.42 Å². The van der Waals surface area contributed by atoms with Crippen LogP contribution in [0.3, 0.4) is 0 Å². The third kappa shape index (κ3) is 3.69. The highest BCUT2D eigenvalue weighted by molar-refractivity contribution is 6.31. The Hall–Kier alpha value is -1.25. The summed E-state index contributed by atoms with van der Waals surface area (Å²) < 4.78 is 5.98. The summed E-state index contributed by atoms with van der Waals surface area (Å²) in [4.78, 5) is 0. The molecule has 0 aliphatic heterocycles. The lowest BCUT2D eigenvalue weighted by molar-refractivity contribution is 0.421. The SMILES string of the molecule is CCCNC(c1ccc(CC)o1)c1cc(C)c(Cl)cc1C. The van der Waals surface area contributed by atoms with Crippen molar-refractivity contribution in [3.63, 3.8) is 0 Å². The van der Waals surface area contributed by atoms with Gasteiger partial charge in [-0.1, -0.05) is 31.5 Å². The van der Waals surface area contributed by atoms with E-state index in [9.17, 15) is 0 Å². The topological polar surface area (TPSA) is 25.2 Å². The third-order valence-corrected chi connectivity index (χ3v) is 4.18. The van der Waals surface area contributed by atoms with E-state index in [-0.39, 0.29) is 6.04 Å². The van der Waals surface area contributed by atoms with E-state index in [4.69, 9.17) is 16.0 Å². The van der Waals surface area contributed by atoms with Crippen molar-refractivity contribution in [1.82, 2.24) is 5.32 Å². The number of furan rings is 1. The van der Waals surface area contributed by atoms with Crippen molar-refractivity contribution in [3.8, 4) is 0 Å². The summed E-state index contributed by atoms with van der Waals surface area (Å²) in [5, 5.41) is 4.41. The highest BCUT2D eigenvalue weighted by atomic mass is 35.5. The molecule has 1 N–H and O–H groups in total. The Morgan fingerprint density at radius 1 is 1.14 bits per heavy atom. The van der Waals surface area contributed by atoms with Crippen molar-refractivity contribution in [3.05, 3.63) is 57.5 Å². The Morgan fingerprint density at radius 3 is 2.52 bits per heavy atom. The largest absolute Gasteiger partial charge is 0.464 e. The van der Waals surface area contributed by atoms with E-state index < -0.39 is 0 Å². The van der Waals surface area contributed by atoms with Gasteiger partial charge < -0.3 is 9.73 Å². The quantitative estimate of drug-likeness (QED) is 0.793. The molecule has 2 aromatic rings. The van der Waals surface area contributed by atoms with Crippen LogP contribution in [0.4, 0.5) is 0 Å². The Balaban J connectivity index is 2.42. The average Bonchev–Trinajstić information content (AvgIpc) is 2.93. The number of hydrogen-bond acceptors (Lipinski definition) is 2. The number of benzene rings is 1. The van der Waals surface area contributed by atoms with Gasteiger partial charge in [0.05, 0.1) is 6.04 Å². The van der Waals surface area contributed by atoms with Crippen molar-refractivity contribution >= 4 is 11.6 Å². The van der Waals surface area contributed by atoms with E-state index in [0.717, 1.165) is 41.5 Å². The number of halogens is 1. The van der Waals surface area contributed by atoms with Gasteiger partial charge in [-0.05, 0) is 61.7 Å². The van der Waals surface area contributed by atoms with Gasteiger partial charge in [0, 0.05) is 11.4 Å². The summed E-state index contributed by atoms with van der Waals surface area (Å²) in [6.45, 7) is 9.37. The van der Waals surface area contributed by atoms with E-state index in [1.165, 1.54) is 11.1 Å². The van der Waals surface area contributed by atoms with Gasteiger partial charge in [-0.25, -0.2) is 0 Å². The van der Waals surface area contributed by atoms with Crippen LogP contribution >= 0.6 is 11.6 Å². The second-order valence-electron chi connectivity index (χ2n) is 5.50. The Morgan fingerprint density at radius 2 is 1.90 bits per heavy atom. The molecular formula is C18H24ClNO. The highest BCUT2D eigenvalue weighted by Crippen LogP contribution is 2.30. The van der Waals surface area contributed by atoms with E-state index in [1.807, 2.05) is 13.0 Å². The molecular weight excluding hydrogens is 282 g/mol. The first-order chi connectivity index (χ1) is 10.1. The molecule has 2 nitrogen and oxygen atoms in total. The van der Waals surface area contributed by atoms with Gasteiger partial charge in [0.15, 0.2) is 0 Å². The van der Waals surface area contributed by atoms with Crippen LogP contribution in [0, 0.1) is 13.8 Å². The molecule has 0 saturated carbocycles. The van der Waals surface area contributed by atoms with Gasteiger partial charge in [0.1, 0.15) is 11.5 Å². The molecule has 1 atom stereocenters. The molecule has 0 radical (unpaired) electrons. The van der Waals surface area contributed by atoms with E-state index in [2.05, 4.69) is 44.3 Å². The molecule has 0 saturated heterocycles. The Labute approximate surface area is 132 Å². The standard InChI is InChI=1S/C18H24ClNO/c1-5-9-20-18(17-8-7-14(6-2)21-17)15-10-13(4)16(19)11-12(15)3/h7-8,10-11,18,20H,5-6,9H2,1-4H3. The third-order valence-electron chi connectivity index (χ3n) is 3.77. The summed E-state index contributed by atoms with van der Waals surface area (Å²) in [5.41, 5.74) is 3.53. The molecule has 1 unspecified atom stereocenters. The van der Waals surface area contributed by atoms with Crippen LogP contribution in [0.25, 0.3) is 0 Å². The van der Waals surface area contributed by atoms with Gasteiger partial charge in [0.25, 0.3) is 0 Å². The molecule has 2 rings (SSSR count). The number of rotatable bonds is 6. The van der Waals surface area contributed by atoms with Crippen LogP contribution in [0.5, 0.6) is 0 Å². The molecule has 0 aliphatic rings. The number of hydrogen-bond donors (Lipinski definition) is 1. The minimum atomic E-state index is 0.0845. The lowest BCUT2D eigenvalue weighted by Crippen LogP contribution is -2.23. The van der Waals surface area contributed by atoms with Crippen molar-refractivity contribution in [1.29, 1.82) is 0 Å². The van der Waals surface area contributed by atoms with Crippen molar-refractivity contribution in [2.75, 3.05) is 6.54 Å². The van der Waals surface area contributed by atoms with Crippen LogP contribution in [-0.4, -0.2) is 6.54 Å². The fourth-order valence-electron chi connectivity index (χ4n) is 2.51. The number of nitrogens with one attached hydrogen (secondary N) is 1. The molecule has 1 aromatic heterocycles. The van der Waals surface area contributed by atoms with Crippen molar-refractivity contribution < 1.29 is 4.42 Å². The Kier molecular flexibility index (Phi) is 5.49. The maximum Gasteiger partial charge on any atom is 0.125 e. The van der Waals surface area contributed by atoms with Gasteiger partial charge in [-0.2, -0.15) is 0 Å². The first kappa shape index (κ1) is 16.1. The second kappa shape index (κ2) is 7.15. The molecule has 0 spiro atoms. The smallest absolute Gasteiger partial charge is 0.125 e. The first-order valence-corrected chi connectivity index (χ1v) is 8.03. The minimum absolute atomic E-state index is 0.0845. The first-order valence-electron chi connectivity index (χ1n) is 7.65. The zero-order chi connectivity index (χ0) is 15.4. The lowest BCUT2D eigenvalue weighted by Gasteiger charge is -2.20. The normalized spacial score (nSPS) is 12.6. The maximum absolute atomic E-state index is 6.22. The lowest BCUT2D eigenvalue weighted by atomic mass is 9.97. The van der Waals surface area contributed by atoms with Crippen LogP contribution in [0.1, 0.15) is 54.5 Å². The second-order valence-corrected chi connectivity index (χ2v) is 5.91. The Bertz CT molecular complexity index is 603. The van der Waals surface area contributed by atoms with E-state index in [0.29, 0.717) is 0 Å². The molecule has 21 heavy (non-hydrogen) atoms. The molecule has 114 valence electrons. The average molecular weight is 306 g/mol. The monoisotopic (exact) mass is 305 g/mol. The van der Waals surface area contributed by atoms with Gasteiger partial charge >= 0.3 is 0 Å². The summed E-state index contributed by atoms with van der Waals surface area (Å²) in [6.07, 6.45) is 2.00. The van der Waals surface area contributed by atoms with E-state index >= 15 is 0 Å². The highest BCUT2D eigenvalue weighted by Gasteiger charge is 2.20. The van der Waals surface area contributed by atoms with Crippen molar-refractivity contribution in [2.45, 2.75) is 46.6 Å². The molecule has 1 aromatic carbocycles. The van der Waals surface area contributed by atoms with Gasteiger partial charge in [0.2, 0.25) is 0 Å². The van der Waals surface area contributed by atoms with E-state index in [1.54, 1.807) is 0 Å². The maximum atomic E-state index is 6.22. The minimum Gasteiger partial charge on any atom is -0.464 e. The zero-order valence-electron chi connectivity index (χ0n) is 13.3. The summed E-state index contributed by atoms with van der Waals surface area (Å²) in [6, 6.07) is 8.43. The van der Waals surface area contributed by atoms with Crippen molar-refractivity contribution in [2.24, 2.45) is 0 Å². The fraction of sp³-hybridized carbons (Fsp3) is 0.444.